The van der Waals surface area contributed by atoms with Gasteiger partial charge in [0.15, 0.2) is 11.5 Å². The molecule has 0 saturated carbocycles. The molecule has 12 heteroatoms. The maximum absolute atomic E-state index is 14.6. The van der Waals surface area contributed by atoms with Gasteiger partial charge in [0.25, 0.3) is 0 Å². The first kappa shape index (κ1) is 26.0. The number of amides is 1. The number of benzene rings is 1. The monoisotopic (exact) mass is 602 g/mol. The number of fused-ring (bicyclic) bond motifs is 4. The molecule has 0 spiro atoms. The largest absolute Gasteiger partial charge is 0.449 e. The molecule has 3 atom stereocenters. The minimum absolute atomic E-state index is 0.0872. The van der Waals surface area contributed by atoms with E-state index in [0.29, 0.717) is 30.2 Å². The van der Waals surface area contributed by atoms with Gasteiger partial charge in [-0.05, 0) is 42.7 Å². The van der Waals surface area contributed by atoms with Crippen molar-refractivity contribution in [2.75, 3.05) is 19.7 Å². The first-order valence-electron chi connectivity index (χ1n) is 12.9. The maximum atomic E-state index is 14.6. The van der Waals surface area contributed by atoms with Crippen LogP contribution in [0.1, 0.15) is 37.8 Å². The van der Waals surface area contributed by atoms with Gasteiger partial charge >= 0.3 is 12.3 Å². The second-order valence-electron chi connectivity index (χ2n) is 10.1. The van der Waals surface area contributed by atoms with Gasteiger partial charge in [-0.2, -0.15) is 13.2 Å². The smallest absolute Gasteiger partial charge is 0.410 e. The zero-order valence-corrected chi connectivity index (χ0v) is 22.7. The number of nitrogens with zero attached hydrogens (tertiary/aromatic N) is 6. The number of alkyl halides is 3. The van der Waals surface area contributed by atoms with Crippen molar-refractivity contribution in [1.82, 2.24) is 29.4 Å². The minimum atomic E-state index is -4.52. The number of hydrogen-bond donors (Lipinski definition) is 0. The summed E-state index contributed by atoms with van der Waals surface area (Å²) in [5.74, 6) is 0.360. The molecule has 4 aromatic rings. The quantitative estimate of drug-likeness (QED) is 0.252. The molecule has 2 bridgehead atoms. The number of piperazine rings is 1. The third-order valence-electron chi connectivity index (χ3n) is 7.51. The molecule has 5 heterocycles. The molecule has 3 aromatic heterocycles. The molecular weight excluding hydrogens is 577 g/mol. The van der Waals surface area contributed by atoms with Crippen LogP contribution < -0.4 is 0 Å². The molecule has 39 heavy (non-hydrogen) atoms. The second-order valence-corrected chi connectivity index (χ2v) is 11.0. The van der Waals surface area contributed by atoms with Gasteiger partial charge < -0.3 is 9.64 Å². The fourth-order valence-corrected chi connectivity index (χ4v) is 6.00. The van der Waals surface area contributed by atoms with Crippen molar-refractivity contribution in [3.8, 4) is 11.5 Å². The summed E-state index contributed by atoms with van der Waals surface area (Å²) >= 11 is 3.45. The van der Waals surface area contributed by atoms with Gasteiger partial charge in [-0.3, -0.25) is 9.30 Å². The lowest BCUT2D eigenvalue weighted by Gasteiger charge is -2.39. The Labute approximate surface area is 230 Å². The van der Waals surface area contributed by atoms with E-state index in [1.165, 1.54) is 17.2 Å². The van der Waals surface area contributed by atoms with Crippen molar-refractivity contribution in [3.63, 3.8) is 0 Å². The molecule has 204 valence electrons. The van der Waals surface area contributed by atoms with E-state index in [9.17, 15) is 18.0 Å². The van der Waals surface area contributed by atoms with Crippen LogP contribution in [0.3, 0.4) is 0 Å². The lowest BCUT2D eigenvalue weighted by atomic mass is 10.1. The molecule has 0 radical (unpaired) electrons. The first-order chi connectivity index (χ1) is 18.7. The van der Waals surface area contributed by atoms with Crippen LogP contribution in [0, 0.1) is 0 Å². The van der Waals surface area contributed by atoms with Crippen LogP contribution in [0.2, 0.25) is 0 Å². The van der Waals surface area contributed by atoms with E-state index >= 15 is 0 Å². The van der Waals surface area contributed by atoms with Crippen LogP contribution in [-0.2, 0) is 4.74 Å². The Hall–Kier alpha value is -3.25. The van der Waals surface area contributed by atoms with Gasteiger partial charge in [0.1, 0.15) is 11.7 Å². The SMILES string of the molecule is CCCCOC(=O)N1CC2CC1CN2C(c1ccc2nnc(-c3ccc4ccc(Br)cc4n3)n2c1)C(F)(F)F. The number of pyridine rings is 2. The number of carbonyl (C=O) groups is 1. The predicted octanol–water partition coefficient (Wildman–Crippen LogP) is 6.01. The number of rotatable bonds is 6. The molecule has 1 amide bonds. The normalized spacial score (nSPS) is 20.3. The Morgan fingerprint density at radius 1 is 1.13 bits per heavy atom. The minimum Gasteiger partial charge on any atom is -0.449 e. The molecular formula is C27H26BrF3N6O2. The Kier molecular flexibility index (Phi) is 6.70. The zero-order chi connectivity index (χ0) is 27.3. The summed E-state index contributed by atoms with van der Waals surface area (Å²) < 4.78 is 51.5. The molecule has 1 aromatic carbocycles. The maximum Gasteiger partial charge on any atom is 0.410 e. The topological polar surface area (TPSA) is 75.9 Å². The molecule has 0 aliphatic carbocycles. The fourth-order valence-electron chi connectivity index (χ4n) is 5.65. The summed E-state index contributed by atoms with van der Waals surface area (Å²) in [7, 11) is 0. The van der Waals surface area contributed by atoms with E-state index in [1.54, 1.807) is 21.4 Å². The van der Waals surface area contributed by atoms with Gasteiger partial charge in [0.2, 0.25) is 0 Å². The van der Waals surface area contributed by atoms with Gasteiger partial charge in [-0.15, -0.1) is 10.2 Å². The first-order valence-corrected chi connectivity index (χ1v) is 13.7. The van der Waals surface area contributed by atoms with Crippen molar-refractivity contribution in [3.05, 3.63) is 58.7 Å². The standard InChI is InChI=1S/C27H26BrF3N6O2/c1-2-3-10-39-26(38)36-15-19-12-20(36)14-35(19)24(27(29,30)31)17-6-9-23-33-34-25(37(23)13-17)21-8-5-16-4-7-18(28)11-22(16)32-21/h4-9,11,13,19-20,24H,2-3,10,12,14-15H2,1H3. The van der Waals surface area contributed by atoms with Crippen molar-refractivity contribution in [2.45, 2.75) is 50.5 Å². The molecule has 0 N–H and O–H groups in total. The Morgan fingerprint density at radius 3 is 2.69 bits per heavy atom. The molecule has 2 fully saturated rings. The highest BCUT2D eigenvalue weighted by molar-refractivity contribution is 9.10. The lowest BCUT2D eigenvalue weighted by molar-refractivity contribution is -0.191. The number of aromatic nitrogens is 4. The van der Waals surface area contributed by atoms with Crippen LogP contribution in [0.15, 0.2) is 53.1 Å². The highest BCUT2D eigenvalue weighted by Gasteiger charge is 2.55. The number of unbranched alkanes of at least 4 members (excludes halogenated alkanes) is 1. The van der Waals surface area contributed by atoms with Gasteiger partial charge in [0, 0.05) is 41.2 Å². The van der Waals surface area contributed by atoms with Crippen LogP contribution >= 0.6 is 15.9 Å². The number of hydrogen-bond acceptors (Lipinski definition) is 6. The summed E-state index contributed by atoms with van der Waals surface area (Å²) in [4.78, 5) is 20.2. The van der Waals surface area contributed by atoms with Gasteiger partial charge in [-0.1, -0.05) is 47.5 Å². The van der Waals surface area contributed by atoms with Crippen LogP contribution in [0.4, 0.5) is 18.0 Å². The molecule has 8 nitrogen and oxygen atoms in total. The zero-order valence-electron chi connectivity index (χ0n) is 21.1. The number of carbonyl (C=O) groups excluding carboxylic acids is 1. The predicted molar refractivity (Wildman–Crippen MR) is 142 cm³/mol. The number of halogens is 4. The summed E-state index contributed by atoms with van der Waals surface area (Å²) in [6.07, 6.45) is -1.36. The summed E-state index contributed by atoms with van der Waals surface area (Å²) in [6, 6.07) is 9.87. The average Bonchev–Trinajstić information content (AvgIpc) is 3.62. The van der Waals surface area contributed by atoms with E-state index < -0.39 is 24.4 Å². The third-order valence-corrected chi connectivity index (χ3v) is 8.00. The van der Waals surface area contributed by atoms with Crippen LogP contribution in [-0.4, -0.2) is 73.4 Å². The van der Waals surface area contributed by atoms with E-state index in [4.69, 9.17) is 4.74 Å². The van der Waals surface area contributed by atoms with Crippen LogP contribution in [0.25, 0.3) is 28.1 Å². The molecule has 2 saturated heterocycles. The fraction of sp³-hybridized carbons (Fsp3) is 0.407. The molecule has 2 aliphatic rings. The van der Waals surface area contributed by atoms with Gasteiger partial charge in [-0.25, -0.2) is 9.78 Å². The summed E-state index contributed by atoms with van der Waals surface area (Å²) in [6.45, 7) is 2.67. The highest BCUT2D eigenvalue weighted by Crippen LogP contribution is 2.45. The number of ether oxygens (including phenoxy) is 1. The lowest BCUT2D eigenvalue weighted by Crippen LogP contribution is -2.52. The number of likely N-dealkylation sites (tertiary alicyclic amines) is 2. The van der Waals surface area contributed by atoms with Crippen molar-refractivity contribution < 1.29 is 22.7 Å². The Balaban J connectivity index is 1.30. The molecule has 2 aliphatic heterocycles. The third kappa shape index (κ3) is 4.84. The second kappa shape index (κ2) is 10.1. The average molecular weight is 603 g/mol. The van der Waals surface area contributed by atoms with E-state index in [2.05, 4.69) is 31.1 Å². The summed E-state index contributed by atoms with van der Waals surface area (Å²) in [5, 5.41) is 9.33. The van der Waals surface area contributed by atoms with Gasteiger partial charge in [0.05, 0.1) is 12.1 Å². The molecule has 6 rings (SSSR count). The van der Waals surface area contributed by atoms with Crippen molar-refractivity contribution in [2.24, 2.45) is 0 Å². The van der Waals surface area contributed by atoms with E-state index in [-0.39, 0.29) is 24.7 Å². The Bertz CT molecular complexity index is 1540. The van der Waals surface area contributed by atoms with Crippen molar-refractivity contribution in [1.29, 1.82) is 0 Å². The van der Waals surface area contributed by atoms with E-state index in [1.807, 2.05) is 31.2 Å². The highest BCUT2D eigenvalue weighted by atomic mass is 79.9. The Morgan fingerprint density at radius 2 is 1.95 bits per heavy atom. The van der Waals surface area contributed by atoms with E-state index in [0.717, 1.165) is 28.2 Å². The van der Waals surface area contributed by atoms with Crippen molar-refractivity contribution >= 4 is 38.6 Å². The summed E-state index contributed by atoms with van der Waals surface area (Å²) in [5.41, 5.74) is 1.75. The van der Waals surface area contributed by atoms with Crippen LogP contribution in [0.5, 0.6) is 0 Å². The molecule has 3 unspecified atom stereocenters.